The normalized spacial score (nSPS) is 10.5. The van der Waals surface area contributed by atoms with Crippen molar-refractivity contribution in [3.8, 4) is 11.4 Å². The average Bonchev–Trinajstić information content (AvgIpc) is 3.01. The Hall–Kier alpha value is -2.54. The minimum absolute atomic E-state index is 0.00817. The number of nitrogens with zero attached hydrogens (tertiary/aromatic N) is 3. The van der Waals surface area contributed by atoms with Crippen LogP contribution in [-0.4, -0.2) is 21.0 Å². The van der Waals surface area contributed by atoms with Crippen LogP contribution in [0.1, 0.15) is 10.5 Å². The lowest BCUT2D eigenvalue weighted by Crippen LogP contribution is -2.11. The van der Waals surface area contributed by atoms with Crippen molar-refractivity contribution in [3.05, 3.63) is 70.7 Å². The molecule has 0 N–H and O–H groups in total. The predicted molar refractivity (Wildman–Crippen MR) is 80.4 cm³/mol. The number of para-hydroxylation sites is 1. The first-order chi connectivity index (χ1) is 10.6. The van der Waals surface area contributed by atoms with E-state index in [0.717, 1.165) is 0 Å². The number of carbonyl (C=O) groups excluding carboxylic acids is 1. The van der Waals surface area contributed by atoms with Crippen molar-refractivity contribution in [3.63, 3.8) is 0 Å². The maximum Gasteiger partial charge on any atom is 0.366 e. The highest BCUT2D eigenvalue weighted by molar-refractivity contribution is 9.10. The van der Waals surface area contributed by atoms with Crippen LogP contribution in [0.4, 0.5) is 4.39 Å². The summed E-state index contributed by atoms with van der Waals surface area (Å²) in [5.74, 6) is -1.58. The van der Waals surface area contributed by atoms with E-state index < -0.39 is 11.8 Å². The molecule has 5 nitrogen and oxygen atoms in total. The van der Waals surface area contributed by atoms with Crippen molar-refractivity contribution >= 4 is 21.9 Å². The van der Waals surface area contributed by atoms with Gasteiger partial charge in [-0.1, -0.05) is 34.1 Å². The van der Waals surface area contributed by atoms with Crippen molar-refractivity contribution < 1.29 is 13.9 Å². The molecule has 0 radical (unpaired) electrons. The van der Waals surface area contributed by atoms with Crippen LogP contribution < -0.4 is 4.74 Å². The van der Waals surface area contributed by atoms with Gasteiger partial charge in [-0.15, -0.1) is 5.10 Å². The maximum absolute atomic E-state index is 13.6. The fourth-order valence-electron chi connectivity index (χ4n) is 1.75. The predicted octanol–water partition coefficient (Wildman–Crippen LogP) is 3.39. The molecule has 0 saturated carbocycles. The molecule has 1 aromatic heterocycles. The van der Waals surface area contributed by atoms with Gasteiger partial charge in [-0.2, -0.15) is 9.90 Å². The molecule has 0 saturated heterocycles. The van der Waals surface area contributed by atoms with Gasteiger partial charge in [0, 0.05) is 4.47 Å². The van der Waals surface area contributed by atoms with E-state index in [9.17, 15) is 9.18 Å². The van der Waals surface area contributed by atoms with E-state index in [1.165, 1.54) is 23.1 Å². The fourth-order valence-corrected chi connectivity index (χ4v) is 2.09. The highest BCUT2D eigenvalue weighted by atomic mass is 79.9. The van der Waals surface area contributed by atoms with Gasteiger partial charge in [0.1, 0.15) is 0 Å². The van der Waals surface area contributed by atoms with E-state index in [1.54, 1.807) is 18.2 Å². The highest BCUT2D eigenvalue weighted by Gasteiger charge is 2.16. The van der Waals surface area contributed by atoms with E-state index >= 15 is 0 Å². The van der Waals surface area contributed by atoms with Crippen LogP contribution in [0.5, 0.6) is 5.75 Å². The van der Waals surface area contributed by atoms with Crippen LogP contribution in [0, 0.1) is 5.82 Å². The quantitative estimate of drug-likeness (QED) is 0.530. The highest BCUT2D eigenvalue weighted by Crippen LogP contribution is 2.22. The van der Waals surface area contributed by atoms with Gasteiger partial charge >= 0.3 is 5.97 Å². The molecule has 2 aromatic carbocycles. The minimum atomic E-state index is -0.775. The van der Waals surface area contributed by atoms with Crippen LogP contribution in [0.3, 0.4) is 0 Å². The van der Waals surface area contributed by atoms with E-state index in [1.807, 2.05) is 18.2 Å². The Morgan fingerprint density at radius 1 is 1.18 bits per heavy atom. The Morgan fingerprint density at radius 3 is 2.68 bits per heavy atom. The Balaban J connectivity index is 1.80. The van der Waals surface area contributed by atoms with Gasteiger partial charge in [0.2, 0.25) is 0 Å². The van der Waals surface area contributed by atoms with Crippen molar-refractivity contribution in [1.82, 2.24) is 15.0 Å². The monoisotopic (exact) mass is 361 g/mol. The second-order valence-corrected chi connectivity index (χ2v) is 5.23. The molecule has 0 fully saturated rings. The SMILES string of the molecule is O=C(Oc1ccc(Br)cc1F)c1cnn(-c2ccccc2)n1. The molecular formula is C15H9BrFN3O2. The zero-order valence-corrected chi connectivity index (χ0v) is 12.7. The van der Waals surface area contributed by atoms with Crippen LogP contribution in [0.25, 0.3) is 5.69 Å². The summed E-state index contributed by atoms with van der Waals surface area (Å²) in [5.41, 5.74) is 0.697. The molecule has 0 atom stereocenters. The zero-order valence-electron chi connectivity index (χ0n) is 11.1. The number of benzene rings is 2. The summed E-state index contributed by atoms with van der Waals surface area (Å²) in [6.45, 7) is 0. The zero-order chi connectivity index (χ0) is 15.5. The Kier molecular flexibility index (Phi) is 3.97. The van der Waals surface area contributed by atoms with Crippen LogP contribution in [-0.2, 0) is 0 Å². The van der Waals surface area contributed by atoms with Gasteiger partial charge in [0.25, 0.3) is 0 Å². The molecule has 7 heteroatoms. The molecule has 3 rings (SSSR count). The molecule has 110 valence electrons. The lowest BCUT2D eigenvalue weighted by molar-refractivity contribution is 0.0721. The number of ether oxygens (including phenoxy) is 1. The Bertz CT molecular complexity index is 821. The molecule has 1 heterocycles. The second kappa shape index (κ2) is 6.07. The van der Waals surface area contributed by atoms with Crippen LogP contribution >= 0.6 is 15.9 Å². The molecule has 3 aromatic rings. The van der Waals surface area contributed by atoms with Gasteiger partial charge in [-0.05, 0) is 30.3 Å². The number of carbonyl (C=O) groups is 1. The molecule has 0 aliphatic rings. The lowest BCUT2D eigenvalue weighted by atomic mass is 10.3. The molecule has 0 unspecified atom stereocenters. The standard InChI is InChI=1S/C15H9BrFN3O2/c16-10-6-7-14(12(17)8-10)22-15(21)13-9-18-20(19-13)11-4-2-1-3-5-11/h1-9H. The van der Waals surface area contributed by atoms with Crippen molar-refractivity contribution in [2.45, 2.75) is 0 Å². The summed E-state index contributed by atoms with van der Waals surface area (Å²) < 4.78 is 19.2. The fraction of sp³-hybridized carbons (Fsp3) is 0. The van der Waals surface area contributed by atoms with Crippen LogP contribution in [0.2, 0.25) is 0 Å². The van der Waals surface area contributed by atoms with Crippen molar-refractivity contribution in [2.75, 3.05) is 0 Å². The summed E-state index contributed by atoms with van der Waals surface area (Å²) in [6.07, 6.45) is 1.27. The third-order valence-electron chi connectivity index (χ3n) is 2.78. The molecule has 0 aliphatic carbocycles. The van der Waals surface area contributed by atoms with Gasteiger partial charge < -0.3 is 4.74 Å². The average molecular weight is 362 g/mol. The van der Waals surface area contributed by atoms with E-state index in [2.05, 4.69) is 26.1 Å². The molecule has 0 amide bonds. The Labute approximate surface area is 133 Å². The number of esters is 1. The first-order valence-corrected chi connectivity index (χ1v) is 7.08. The molecule has 0 spiro atoms. The smallest absolute Gasteiger partial charge is 0.366 e. The number of hydrogen-bond acceptors (Lipinski definition) is 4. The number of aromatic nitrogens is 3. The largest absolute Gasteiger partial charge is 0.419 e. The molecular weight excluding hydrogens is 353 g/mol. The van der Waals surface area contributed by atoms with Gasteiger partial charge in [0.15, 0.2) is 17.3 Å². The van der Waals surface area contributed by atoms with E-state index in [-0.39, 0.29) is 11.4 Å². The van der Waals surface area contributed by atoms with Crippen molar-refractivity contribution in [2.24, 2.45) is 0 Å². The third-order valence-corrected chi connectivity index (χ3v) is 3.28. The van der Waals surface area contributed by atoms with Gasteiger partial charge in [-0.3, -0.25) is 0 Å². The molecule has 22 heavy (non-hydrogen) atoms. The van der Waals surface area contributed by atoms with E-state index in [4.69, 9.17) is 4.74 Å². The summed E-state index contributed by atoms with van der Waals surface area (Å²) in [4.78, 5) is 13.3. The topological polar surface area (TPSA) is 57.0 Å². The number of halogens is 2. The first kappa shape index (κ1) is 14.4. The summed E-state index contributed by atoms with van der Waals surface area (Å²) in [5, 5.41) is 8.01. The molecule has 0 aliphatic heterocycles. The second-order valence-electron chi connectivity index (χ2n) is 4.32. The summed E-state index contributed by atoms with van der Waals surface area (Å²) >= 11 is 3.13. The maximum atomic E-state index is 13.6. The number of rotatable bonds is 3. The van der Waals surface area contributed by atoms with Gasteiger partial charge in [-0.25, -0.2) is 9.18 Å². The van der Waals surface area contributed by atoms with Gasteiger partial charge in [0.05, 0.1) is 11.9 Å². The molecule has 0 bridgehead atoms. The Morgan fingerprint density at radius 2 is 1.95 bits per heavy atom. The van der Waals surface area contributed by atoms with Crippen molar-refractivity contribution in [1.29, 1.82) is 0 Å². The van der Waals surface area contributed by atoms with E-state index in [0.29, 0.717) is 10.2 Å². The third kappa shape index (κ3) is 3.04. The summed E-state index contributed by atoms with van der Waals surface area (Å²) in [7, 11) is 0. The minimum Gasteiger partial charge on any atom is -0.419 e. The lowest BCUT2D eigenvalue weighted by Gasteiger charge is -2.03. The van der Waals surface area contributed by atoms with Crippen LogP contribution in [0.15, 0.2) is 59.2 Å². The number of hydrogen-bond donors (Lipinski definition) is 0. The first-order valence-electron chi connectivity index (χ1n) is 6.28. The summed E-state index contributed by atoms with van der Waals surface area (Å²) in [6, 6.07) is 13.3.